The minimum atomic E-state index is -4.28. The first-order valence-electron chi connectivity index (χ1n) is 4.93. The van der Waals surface area contributed by atoms with E-state index in [0.29, 0.717) is 10.6 Å². The van der Waals surface area contributed by atoms with Gasteiger partial charge in [-0.15, -0.1) is 0 Å². The Bertz CT molecular complexity index is 354. The van der Waals surface area contributed by atoms with Crippen LogP contribution in [-0.2, 0) is 6.18 Å². The van der Waals surface area contributed by atoms with Crippen LogP contribution >= 0.6 is 15.9 Å². The fourth-order valence-electron chi connectivity index (χ4n) is 1.51. The third-order valence-electron chi connectivity index (χ3n) is 2.52. The Balaban J connectivity index is 1.97. The second kappa shape index (κ2) is 4.28. The van der Waals surface area contributed by atoms with Crippen LogP contribution in [0.25, 0.3) is 0 Å². The Morgan fingerprint density at radius 3 is 2.12 bits per heavy atom. The van der Waals surface area contributed by atoms with Crippen molar-refractivity contribution in [3.63, 3.8) is 0 Å². The summed E-state index contributed by atoms with van der Waals surface area (Å²) in [6.07, 6.45) is -2.35. The van der Waals surface area contributed by atoms with Crippen molar-refractivity contribution in [1.29, 1.82) is 0 Å². The zero-order valence-corrected chi connectivity index (χ0v) is 9.88. The number of ether oxygens (including phenoxy) is 1. The Kier molecular flexibility index (Phi) is 3.15. The molecule has 0 amide bonds. The van der Waals surface area contributed by atoms with Crippen LogP contribution in [0.4, 0.5) is 13.2 Å². The molecule has 5 heteroatoms. The van der Waals surface area contributed by atoms with Crippen LogP contribution in [0.3, 0.4) is 0 Å². The maximum atomic E-state index is 12.3. The number of alkyl halides is 4. The minimum absolute atomic E-state index is 0.126. The molecule has 0 N–H and O–H groups in total. The Hall–Kier alpha value is -0.710. The number of halogens is 4. The molecule has 16 heavy (non-hydrogen) atoms. The van der Waals surface area contributed by atoms with E-state index in [4.69, 9.17) is 4.74 Å². The average Bonchev–Trinajstić information content (AvgIpc) is 2.15. The molecule has 1 fully saturated rings. The number of hydrogen-bond donors (Lipinski definition) is 0. The molecule has 0 atom stereocenters. The van der Waals surface area contributed by atoms with Crippen LogP contribution < -0.4 is 4.74 Å². The van der Waals surface area contributed by atoms with E-state index >= 15 is 0 Å². The van der Waals surface area contributed by atoms with E-state index in [1.165, 1.54) is 12.1 Å². The average molecular weight is 295 g/mol. The molecule has 0 aromatic heterocycles. The van der Waals surface area contributed by atoms with Gasteiger partial charge in [-0.2, -0.15) is 13.2 Å². The lowest BCUT2D eigenvalue weighted by atomic mass is 9.96. The molecular weight excluding hydrogens is 285 g/mol. The lowest BCUT2D eigenvalue weighted by molar-refractivity contribution is -0.137. The van der Waals surface area contributed by atoms with Gasteiger partial charge in [-0.3, -0.25) is 0 Å². The van der Waals surface area contributed by atoms with Crippen LogP contribution in [0, 0.1) is 0 Å². The van der Waals surface area contributed by atoms with Gasteiger partial charge in [0.1, 0.15) is 11.9 Å². The maximum Gasteiger partial charge on any atom is 0.416 e. The molecule has 0 heterocycles. The van der Waals surface area contributed by atoms with Crippen LogP contribution in [0.1, 0.15) is 18.4 Å². The quantitative estimate of drug-likeness (QED) is 0.749. The molecule has 1 aliphatic rings. The highest BCUT2D eigenvalue weighted by atomic mass is 79.9. The van der Waals surface area contributed by atoms with Gasteiger partial charge in [0.05, 0.1) is 5.56 Å². The van der Waals surface area contributed by atoms with Gasteiger partial charge in [0.25, 0.3) is 0 Å². The Labute approximate surface area is 99.7 Å². The summed E-state index contributed by atoms with van der Waals surface area (Å²) in [4.78, 5) is 0.479. The predicted octanol–water partition coefficient (Wildman–Crippen LogP) is 4.01. The minimum Gasteiger partial charge on any atom is -0.490 e. The van der Waals surface area contributed by atoms with Crippen molar-refractivity contribution in [1.82, 2.24) is 0 Å². The van der Waals surface area contributed by atoms with Gasteiger partial charge in [0, 0.05) is 4.83 Å². The summed E-state index contributed by atoms with van der Waals surface area (Å²) in [6, 6.07) is 4.81. The van der Waals surface area contributed by atoms with E-state index in [-0.39, 0.29) is 6.10 Å². The monoisotopic (exact) mass is 294 g/mol. The van der Waals surface area contributed by atoms with Gasteiger partial charge < -0.3 is 4.74 Å². The van der Waals surface area contributed by atoms with E-state index in [1.807, 2.05) is 0 Å². The van der Waals surface area contributed by atoms with Crippen LogP contribution in [0.15, 0.2) is 24.3 Å². The number of benzene rings is 1. The zero-order valence-electron chi connectivity index (χ0n) is 8.30. The first-order valence-corrected chi connectivity index (χ1v) is 5.85. The molecule has 1 aliphatic carbocycles. The highest BCUT2D eigenvalue weighted by Crippen LogP contribution is 2.33. The molecule has 0 spiro atoms. The standard InChI is InChI=1S/C11H10BrF3O/c12-8-5-10(6-8)16-9-3-1-7(2-4-9)11(13,14)15/h1-4,8,10H,5-6H2. The molecule has 0 aliphatic heterocycles. The second-order valence-corrected chi connectivity index (χ2v) is 5.13. The first-order chi connectivity index (χ1) is 7.45. The predicted molar refractivity (Wildman–Crippen MR) is 57.8 cm³/mol. The molecule has 1 aromatic carbocycles. The van der Waals surface area contributed by atoms with Gasteiger partial charge in [0.15, 0.2) is 0 Å². The number of rotatable bonds is 2. The van der Waals surface area contributed by atoms with Crippen LogP contribution in [0.2, 0.25) is 0 Å². The summed E-state index contributed by atoms with van der Waals surface area (Å²) in [6.45, 7) is 0. The van der Waals surface area contributed by atoms with Gasteiger partial charge >= 0.3 is 6.18 Å². The fourth-order valence-corrected chi connectivity index (χ4v) is 2.35. The summed E-state index contributed by atoms with van der Waals surface area (Å²) < 4.78 is 42.3. The Morgan fingerprint density at radius 1 is 1.12 bits per heavy atom. The van der Waals surface area contributed by atoms with Gasteiger partial charge in [-0.25, -0.2) is 0 Å². The van der Waals surface area contributed by atoms with Gasteiger partial charge in [0.2, 0.25) is 0 Å². The molecule has 0 saturated heterocycles. The van der Waals surface area contributed by atoms with Gasteiger partial charge in [-0.1, -0.05) is 15.9 Å². The third-order valence-corrected chi connectivity index (χ3v) is 3.27. The van der Waals surface area contributed by atoms with E-state index in [1.54, 1.807) is 0 Å². The molecule has 0 radical (unpaired) electrons. The van der Waals surface area contributed by atoms with E-state index in [2.05, 4.69) is 15.9 Å². The molecule has 1 aromatic rings. The third kappa shape index (κ3) is 2.70. The molecule has 1 nitrogen and oxygen atoms in total. The summed E-state index contributed by atoms with van der Waals surface area (Å²) >= 11 is 3.42. The summed E-state index contributed by atoms with van der Waals surface area (Å²) in [7, 11) is 0. The lowest BCUT2D eigenvalue weighted by Gasteiger charge is -2.31. The first kappa shape index (κ1) is 11.8. The van der Waals surface area contributed by atoms with Crippen molar-refractivity contribution >= 4 is 15.9 Å². The Morgan fingerprint density at radius 2 is 1.69 bits per heavy atom. The van der Waals surface area contributed by atoms with Crippen LogP contribution in [-0.4, -0.2) is 10.9 Å². The smallest absolute Gasteiger partial charge is 0.416 e. The normalized spacial score (nSPS) is 25.0. The molecule has 2 rings (SSSR count). The highest BCUT2D eigenvalue weighted by molar-refractivity contribution is 9.09. The van der Waals surface area contributed by atoms with E-state index in [0.717, 1.165) is 25.0 Å². The maximum absolute atomic E-state index is 12.3. The molecule has 88 valence electrons. The topological polar surface area (TPSA) is 9.23 Å². The van der Waals surface area contributed by atoms with Gasteiger partial charge in [-0.05, 0) is 37.1 Å². The SMILES string of the molecule is FC(F)(F)c1ccc(OC2CC(Br)C2)cc1. The van der Waals surface area contributed by atoms with Crippen LogP contribution in [0.5, 0.6) is 5.75 Å². The van der Waals surface area contributed by atoms with Crippen molar-refractivity contribution in [2.24, 2.45) is 0 Å². The molecular formula is C11H10BrF3O. The van der Waals surface area contributed by atoms with Crippen molar-refractivity contribution in [3.05, 3.63) is 29.8 Å². The molecule has 1 saturated carbocycles. The summed E-state index contributed by atoms with van der Waals surface area (Å²) in [5.41, 5.74) is -0.646. The fraction of sp³-hybridized carbons (Fsp3) is 0.455. The highest BCUT2D eigenvalue weighted by Gasteiger charge is 2.31. The lowest BCUT2D eigenvalue weighted by Crippen LogP contribution is -2.33. The summed E-state index contributed by atoms with van der Waals surface area (Å²) in [5.74, 6) is 0.498. The molecule has 0 bridgehead atoms. The second-order valence-electron chi connectivity index (χ2n) is 3.83. The largest absolute Gasteiger partial charge is 0.490 e. The molecule has 0 unspecified atom stereocenters. The zero-order chi connectivity index (χ0) is 11.8. The number of hydrogen-bond acceptors (Lipinski definition) is 1. The van der Waals surface area contributed by atoms with Crippen molar-refractivity contribution < 1.29 is 17.9 Å². The van der Waals surface area contributed by atoms with Crippen molar-refractivity contribution in [3.8, 4) is 5.75 Å². The van der Waals surface area contributed by atoms with Crippen molar-refractivity contribution in [2.75, 3.05) is 0 Å². The van der Waals surface area contributed by atoms with E-state index in [9.17, 15) is 13.2 Å². The summed E-state index contributed by atoms with van der Waals surface area (Å²) in [5, 5.41) is 0. The van der Waals surface area contributed by atoms with E-state index < -0.39 is 11.7 Å². The van der Waals surface area contributed by atoms with Crippen molar-refractivity contribution in [2.45, 2.75) is 29.9 Å².